The van der Waals surface area contributed by atoms with Gasteiger partial charge in [-0.1, -0.05) is 30.7 Å². The summed E-state index contributed by atoms with van der Waals surface area (Å²) in [5.74, 6) is 0.470. The van der Waals surface area contributed by atoms with E-state index in [1.54, 1.807) is 0 Å². The average Bonchev–Trinajstić information content (AvgIpc) is 3.83. The number of halogens is 1. The van der Waals surface area contributed by atoms with Crippen molar-refractivity contribution in [2.24, 2.45) is 11.8 Å². The van der Waals surface area contributed by atoms with Crippen LogP contribution in [0.4, 0.5) is 0 Å². The molecule has 1 saturated carbocycles. The molecule has 0 N–H and O–H groups in total. The van der Waals surface area contributed by atoms with Crippen molar-refractivity contribution < 1.29 is 19.1 Å². The molecule has 1 aromatic rings. The van der Waals surface area contributed by atoms with Gasteiger partial charge in [-0.15, -0.1) is 0 Å². The molecule has 3 amide bonds. The minimum Gasteiger partial charge on any atom is -0.368 e. The molecule has 5 fully saturated rings. The van der Waals surface area contributed by atoms with Gasteiger partial charge in [0.25, 0.3) is 5.91 Å². The molecule has 6 rings (SSSR count). The van der Waals surface area contributed by atoms with Crippen molar-refractivity contribution in [3.63, 3.8) is 0 Å². The van der Waals surface area contributed by atoms with E-state index in [1.807, 2.05) is 34.1 Å². The molecule has 1 aliphatic carbocycles. The van der Waals surface area contributed by atoms with Crippen LogP contribution in [0.5, 0.6) is 0 Å². The molecule has 0 spiro atoms. The summed E-state index contributed by atoms with van der Waals surface area (Å²) in [5.41, 5.74) is 0.994. The quantitative estimate of drug-likeness (QED) is 0.445. The third-order valence-corrected chi connectivity index (χ3v) is 12.0. The van der Waals surface area contributed by atoms with Crippen molar-refractivity contribution in [3.8, 4) is 0 Å². The molecular formula is C37H56ClN5O4. The summed E-state index contributed by atoms with van der Waals surface area (Å²) in [4.78, 5) is 54.3. The van der Waals surface area contributed by atoms with Gasteiger partial charge >= 0.3 is 0 Å². The molecule has 0 aromatic heterocycles. The maximum absolute atomic E-state index is 15.0. The van der Waals surface area contributed by atoms with Gasteiger partial charge in [-0.2, -0.15) is 0 Å². The first-order valence-corrected chi connectivity index (χ1v) is 18.5. The van der Waals surface area contributed by atoms with Crippen LogP contribution in [0.1, 0.15) is 84.1 Å². The van der Waals surface area contributed by atoms with E-state index in [1.165, 1.54) is 0 Å². The van der Waals surface area contributed by atoms with Crippen LogP contribution in [0.2, 0.25) is 5.02 Å². The van der Waals surface area contributed by atoms with Crippen molar-refractivity contribution >= 4 is 29.3 Å². The molecule has 10 heteroatoms. The van der Waals surface area contributed by atoms with Crippen LogP contribution >= 0.6 is 11.6 Å². The van der Waals surface area contributed by atoms with Gasteiger partial charge in [0.15, 0.2) is 0 Å². The smallest absolute Gasteiger partial charge is 0.252 e. The first-order chi connectivity index (χ1) is 22.4. The van der Waals surface area contributed by atoms with Crippen LogP contribution in [0, 0.1) is 11.8 Å². The lowest BCUT2D eigenvalue weighted by molar-refractivity contribution is -0.148. The van der Waals surface area contributed by atoms with Crippen molar-refractivity contribution in [2.45, 2.75) is 108 Å². The minimum atomic E-state index is -0.576. The zero-order valence-electron chi connectivity index (χ0n) is 29.2. The van der Waals surface area contributed by atoms with E-state index >= 15 is 4.79 Å². The zero-order valence-corrected chi connectivity index (χ0v) is 30.0. The molecule has 4 heterocycles. The Morgan fingerprint density at radius 1 is 0.872 bits per heavy atom. The topological polar surface area (TPSA) is 76.6 Å². The SMILES string of the molecule is CC1CCC(N(C(=O)C2CCCO2)[C@H]2C[C@@H](C(=O)N3CCN(C)CC3)N(C(=O)[C@@H]3CN(C(C)(C)C)C[C@H]3c3ccc(Cl)cc3)C2)CC1. The molecule has 1 aromatic carbocycles. The van der Waals surface area contributed by atoms with Gasteiger partial charge < -0.3 is 24.3 Å². The lowest BCUT2D eigenvalue weighted by Gasteiger charge is -2.41. The van der Waals surface area contributed by atoms with Gasteiger partial charge in [-0.25, -0.2) is 0 Å². The Hall–Kier alpha value is -2.20. The number of amides is 3. The first-order valence-electron chi connectivity index (χ1n) is 18.1. The van der Waals surface area contributed by atoms with Gasteiger partial charge in [0.2, 0.25) is 11.8 Å². The fourth-order valence-electron chi connectivity index (χ4n) is 8.71. The van der Waals surface area contributed by atoms with Gasteiger partial charge in [-0.05, 0) is 96.4 Å². The molecule has 1 unspecified atom stereocenters. The second kappa shape index (κ2) is 14.3. The van der Waals surface area contributed by atoms with Crippen molar-refractivity contribution in [2.75, 3.05) is 59.5 Å². The first kappa shape index (κ1) is 34.7. The lowest BCUT2D eigenvalue weighted by atomic mass is 9.85. The van der Waals surface area contributed by atoms with E-state index in [0.29, 0.717) is 50.1 Å². The summed E-state index contributed by atoms with van der Waals surface area (Å²) < 4.78 is 5.95. The standard InChI is InChI=1S/C37H56ClN5O4/c1-25-8-14-28(15-9-25)43(36(46)33-7-6-20-47-33)29-21-32(35(45)40-18-16-39(5)17-19-40)42(22-29)34(44)31-24-41(37(2,3)4)23-30(31)26-10-12-27(38)13-11-26/h10-13,25,28-33H,6-9,14-24H2,1-5H3/t25?,28?,29-,30-,31+,32-,33?/m0/s1. The number of carbonyl (C=O) groups excluding carboxylic acids is 3. The number of hydrogen-bond donors (Lipinski definition) is 0. The summed E-state index contributed by atoms with van der Waals surface area (Å²) in [7, 11) is 2.08. The Labute approximate surface area is 286 Å². The molecule has 9 nitrogen and oxygen atoms in total. The van der Waals surface area contributed by atoms with Crippen LogP contribution in [0.25, 0.3) is 0 Å². The van der Waals surface area contributed by atoms with Gasteiger partial charge in [0.05, 0.1) is 12.0 Å². The largest absolute Gasteiger partial charge is 0.368 e. The number of benzene rings is 1. The Bertz CT molecular complexity index is 1260. The molecule has 0 bridgehead atoms. The maximum Gasteiger partial charge on any atom is 0.252 e. The highest BCUT2D eigenvalue weighted by molar-refractivity contribution is 6.30. The summed E-state index contributed by atoms with van der Waals surface area (Å²) in [6, 6.07) is 7.24. The number of nitrogens with zero attached hydrogens (tertiary/aromatic N) is 5. The number of piperazine rings is 1. The lowest BCUT2D eigenvalue weighted by Crippen LogP contribution is -2.54. The maximum atomic E-state index is 15.0. The summed E-state index contributed by atoms with van der Waals surface area (Å²) >= 11 is 6.28. The number of hydrogen-bond acceptors (Lipinski definition) is 6. The summed E-state index contributed by atoms with van der Waals surface area (Å²) in [6.45, 7) is 14.3. The second-order valence-corrected chi connectivity index (χ2v) is 16.5. The molecule has 4 aliphatic heterocycles. The third-order valence-electron chi connectivity index (χ3n) is 11.8. The Morgan fingerprint density at radius 3 is 2.17 bits per heavy atom. The van der Waals surface area contributed by atoms with Gasteiger partial charge in [-0.3, -0.25) is 19.3 Å². The fraction of sp³-hybridized carbons (Fsp3) is 0.757. The van der Waals surface area contributed by atoms with E-state index in [-0.39, 0.29) is 47.2 Å². The summed E-state index contributed by atoms with van der Waals surface area (Å²) in [6.07, 6.45) is 5.80. The predicted octanol–water partition coefficient (Wildman–Crippen LogP) is 4.48. The molecule has 5 atom stereocenters. The van der Waals surface area contributed by atoms with E-state index in [9.17, 15) is 9.59 Å². The number of likely N-dealkylation sites (tertiary alicyclic amines) is 2. The number of ether oxygens (including phenoxy) is 1. The normalized spacial score (nSPS) is 32.6. The van der Waals surface area contributed by atoms with Gasteiger partial charge in [0, 0.05) is 74.9 Å². The number of carbonyl (C=O) groups is 3. The fourth-order valence-corrected chi connectivity index (χ4v) is 8.84. The predicted molar refractivity (Wildman–Crippen MR) is 184 cm³/mol. The van der Waals surface area contributed by atoms with E-state index in [4.69, 9.17) is 16.3 Å². The van der Waals surface area contributed by atoms with Crippen LogP contribution < -0.4 is 0 Å². The van der Waals surface area contributed by atoms with Crippen molar-refractivity contribution in [3.05, 3.63) is 34.9 Å². The second-order valence-electron chi connectivity index (χ2n) is 16.0. The van der Waals surface area contributed by atoms with Crippen LogP contribution in [0.15, 0.2) is 24.3 Å². The third kappa shape index (κ3) is 7.53. The van der Waals surface area contributed by atoms with Crippen molar-refractivity contribution in [1.82, 2.24) is 24.5 Å². The molecule has 5 aliphatic rings. The van der Waals surface area contributed by atoms with Crippen LogP contribution in [-0.2, 0) is 19.1 Å². The number of likely N-dealkylation sites (N-methyl/N-ethyl adjacent to an activating group) is 1. The highest BCUT2D eigenvalue weighted by atomic mass is 35.5. The van der Waals surface area contributed by atoms with Crippen LogP contribution in [0.3, 0.4) is 0 Å². The highest BCUT2D eigenvalue weighted by Gasteiger charge is 2.51. The molecule has 4 saturated heterocycles. The Balaban J connectivity index is 1.32. The molecular weight excluding hydrogens is 614 g/mol. The minimum absolute atomic E-state index is 0.0121. The molecule has 260 valence electrons. The van der Waals surface area contributed by atoms with E-state index in [0.717, 1.165) is 63.7 Å². The molecule has 0 radical (unpaired) electrons. The monoisotopic (exact) mass is 669 g/mol. The van der Waals surface area contributed by atoms with E-state index < -0.39 is 12.1 Å². The summed E-state index contributed by atoms with van der Waals surface area (Å²) in [5, 5.41) is 0.677. The average molecular weight is 670 g/mol. The van der Waals surface area contributed by atoms with Crippen LogP contribution in [-0.4, -0.2) is 131 Å². The van der Waals surface area contributed by atoms with Crippen molar-refractivity contribution in [1.29, 1.82) is 0 Å². The number of rotatable bonds is 6. The zero-order chi connectivity index (χ0) is 33.5. The van der Waals surface area contributed by atoms with E-state index in [2.05, 4.69) is 49.4 Å². The highest BCUT2D eigenvalue weighted by Crippen LogP contribution is 2.40. The Morgan fingerprint density at radius 2 is 1.55 bits per heavy atom. The Kier molecular flexibility index (Phi) is 10.6. The van der Waals surface area contributed by atoms with Gasteiger partial charge in [0.1, 0.15) is 12.1 Å². The molecule has 47 heavy (non-hydrogen) atoms.